The van der Waals surface area contributed by atoms with E-state index in [1.807, 2.05) is 12.1 Å². The monoisotopic (exact) mass is 327 g/mol. The maximum Gasteiger partial charge on any atom is 0.280 e. The summed E-state index contributed by atoms with van der Waals surface area (Å²) < 4.78 is 16.1. The number of carbonyl (C=O) groups is 1. The number of carbonyl (C=O) groups excluding carboxylic acids is 1. The van der Waals surface area contributed by atoms with Gasteiger partial charge >= 0.3 is 0 Å². The Morgan fingerprint density at radius 1 is 1.25 bits per heavy atom. The van der Waals surface area contributed by atoms with E-state index in [0.29, 0.717) is 23.0 Å². The van der Waals surface area contributed by atoms with Crippen molar-refractivity contribution in [2.24, 2.45) is 5.10 Å². The SMILES string of the molecule is C/C(=N\NC(=O)C(C)Oc1ccc2c(c1)OCO2)c1ccncc1. The molecule has 0 bridgehead atoms. The number of benzene rings is 1. The molecule has 1 aliphatic rings. The molecule has 1 N–H and O–H groups in total. The molecule has 1 aromatic heterocycles. The minimum absolute atomic E-state index is 0.192. The number of amides is 1. The highest BCUT2D eigenvalue weighted by atomic mass is 16.7. The molecule has 24 heavy (non-hydrogen) atoms. The van der Waals surface area contributed by atoms with Gasteiger partial charge in [-0.15, -0.1) is 0 Å². The van der Waals surface area contributed by atoms with Crippen LogP contribution in [0.5, 0.6) is 17.2 Å². The second-order valence-electron chi connectivity index (χ2n) is 5.18. The first kappa shape index (κ1) is 15.8. The highest BCUT2D eigenvalue weighted by Crippen LogP contribution is 2.35. The number of hydrogen-bond acceptors (Lipinski definition) is 6. The Labute approximate surface area is 139 Å². The third kappa shape index (κ3) is 3.62. The summed E-state index contributed by atoms with van der Waals surface area (Å²) in [6.07, 6.45) is 2.63. The van der Waals surface area contributed by atoms with Crippen molar-refractivity contribution in [2.45, 2.75) is 20.0 Å². The molecule has 0 radical (unpaired) electrons. The maximum atomic E-state index is 12.1. The van der Waals surface area contributed by atoms with E-state index in [2.05, 4.69) is 15.5 Å². The first-order valence-corrected chi connectivity index (χ1v) is 7.44. The molecule has 124 valence electrons. The van der Waals surface area contributed by atoms with Crippen LogP contribution in [0, 0.1) is 0 Å². The van der Waals surface area contributed by atoms with Gasteiger partial charge in [0.25, 0.3) is 5.91 Å². The lowest BCUT2D eigenvalue weighted by Crippen LogP contribution is -2.33. The molecular formula is C17H17N3O4. The smallest absolute Gasteiger partial charge is 0.280 e. The van der Waals surface area contributed by atoms with Crippen molar-refractivity contribution in [3.63, 3.8) is 0 Å². The molecule has 0 spiro atoms. The standard InChI is InChI=1S/C17H17N3O4/c1-11(13-5-7-18-8-6-13)19-20-17(21)12(2)24-14-3-4-15-16(9-14)23-10-22-15/h3-9,12H,10H2,1-2H3,(H,20,21)/b19-11+. The van der Waals surface area contributed by atoms with Crippen LogP contribution in [0.4, 0.5) is 0 Å². The molecule has 1 atom stereocenters. The lowest BCUT2D eigenvalue weighted by molar-refractivity contribution is -0.127. The minimum Gasteiger partial charge on any atom is -0.481 e. The second kappa shape index (κ2) is 6.99. The number of hydrazone groups is 1. The predicted octanol–water partition coefficient (Wildman–Crippen LogP) is 2.12. The third-order valence-corrected chi connectivity index (χ3v) is 3.46. The van der Waals surface area contributed by atoms with Gasteiger partial charge in [-0.1, -0.05) is 0 Å². The number of fused-ring (bicyclic) bond motifs is 1. The summed E-state index contributed by atoms with van der Waals surface area (Å²) >= 11 is 0. The molecule has 7 heteroatoms. The van der Waals surface area contributed by atoms with Crippen molar-refractivity contribution in [1.82, 2.24) is 10.4 Å². The van der Waals surface area contributed by atoms with E-state index < -0.39 is 6.10 Å². The van der Waals surface area contributed by atoms with Gasteiger partial charge in [0.1, 0.15) is 5.75 Å². The van der Waals surface area contributed by atoms with Crippen molar-refractivity contribution < 1.29 is 19.0 Å². The highest BCUT2D eigenvalue weighted by Gasteiger charge is 2.18. The Morgan fingerprint density at radius 2 is 2.00 bits per heavy atom. The van der Waals surface area contributed by atoms with Crippen molar-refractivity contribution in [2.75, 3.05) is 6.79 Å². The quantitative estimate of drug-likeness (QED) is 0.672. The van der Waals surface area contributed by atoms with Crippen molar-refractivity contribution in [3.05, 3.63) is 48.3 Å². The zero-order valence-corrected chi connectivity index (χ0v) is 13.4. The molecule has 1 aromatic carbocycles. The van der Waals surface area contributed by atoms with Crippen LogP contribution in [0.1, 0.15) is 19.4 Å². The zero-order chi connectivity index (χ0) is 16.9. The number of nitrogens with one attached hydrogen (secondary N) is 1. The normalized spacial score (nSPS) is 14.2. The van der Waals surface area contributed by atoms with Crippen LogP contribution in [0.15, 0.2) is 47.8 Å². The third-order valence-electron chi connectivity index (χ3n) is 3.46. The molecule has 1 unspecified atom stereocenters. The van der Waals surface area contributed by atoms with Gasteiger partial charge in [0.2, 0.25) is 6.79 Å². The van der Waals surface area contributed by atoms with Gasteiger partial charge in [0.05, 0.1) is 5.71 Å². The van der Waals surface area contributed by atoms with Crippen molar-refractivity contribution >= 4 is 11.6 Å². The van der Waals surface area contributed by atoms with E-state index in [-0.39, 0.29) is 12.7 Å². The fourth-order valence-electron chi connectivity index (χ4n) is 2.10. The average molecular weight is 327 g/mol. The van der Waals surface area contributed by atoms with Crippen molar-refractivity contribution in [1.29, 1.82) is 0 Å². The first-order chi connectivity index (χ1) is 11.6. The van der Waals surface area contributed by atoms with Gasteiger partial charge in [0, 0.05) is 24.0 Å². The number of hydrogen-bond donors (Lipinski definition) is 1. The number of rotatable bonds is 5. The fourth-order valence-corrected chi connectivity index (χ4v) is 2.10. The van der Waals surface area contributed by atoms with Gasteiger partial charge in [-0.3, -0.25) is 9.78 Å². The molecule has 1 amide bonds. The van der Waals surface area contributed by atoms with E-state index in [0.717, 1.165) is 5.56 Å². The van der Waals surface area contributed by atoms with Crippen LogP contribution in [-0.4, -0.2) is 29.5 Å². The van der Waals surface area contributed by atoms with Gasteiger partial charge in [0.15, 0.2) is 17.6 Å². The first-order valence-electron chi connectivity index (χ1n) is 7.44. The molecule has 2 heterocycles. The van der Waals surface area contributed by atoms with Crippen LogP contribution >= 0.6 is 0 Å². The Bertz CT molecular complexity index is 762. The predicted molar refractivity (Wildman–Crippen MR) is 87.2 cm³/mol. The molecule has 2 aromatic rings. The molecule has 0 saturated heterocycles. The summed E-state index contributed by atoms with van der Waals surface area (Å²) in [6.45, 7) is 3.65. The summed E-state index contributed by atoms with van der Waals surface area (Å²) in [6, 6.07) is 8.80. The molecule has 0 aliphatic carbocycles. The maximum absolute atomic E-state index is 12.1. The van der Waals surface area contributed by atoms with E-state index in [1.165, 1.54) is 0 Å². The minimum atomic E-state index is -0.709. The molecule has 3 rings (SSSR count). The van der Waals surface area contributed by atoms with Gasteiger partial charge in [-0.05, 0) is 38.1 Å². The van der Waals surface area contributed by atoms with Crippen LogP contribution < -0.4 is 19.6 Å². The van der Waals surface area contributed by atoms with Gasteiger partial charge in [-0.2, -0.15) is 5.10 Å². The lowest BCUT2D eigenvalue weighted by Gasteiger charge is -2.13. The Morgan fingerprint density at radius 3 is 2.79 bits per heavy atom. The number of pyridine rings is 1. The molecule has 1 aliphatic heterocycles. The van der Waals surface area contributed by atoms with Crippen LogP contribution in [0.2, 0.25) is 0 Å². The lowest BCUT2D eigenvalue weighted by atomic mass is 10.2. The van der Waals surface area contributed by atoms with Gasteiger partial charge < -0.3 is 14.2 Å². The van der Waals surface area contributed by atoms with E-state index in [1.54, 1.807) is 44.4 Å². The summed E-state index contributed by atoms with van der Waals surface area (Å²) in [7, 11) is 0. The summed E-state index contributed by atoms with van der Waals surface area (Å²) in [4.78, 5) is 16.0. The molecule has 0 fully saturated rings. The zero-order valence-electron chi connectivity index (χ0n) is 13.4. The fraction of sp³-hybridized carbons (Fsp3) is 0.235. The van der Waals surface area contributed by atoms with Crippen molar-refractivity contribution in [3.8, 4) is 17.2 Å². The summed E-state index contributed by atoms with van der Waals surface area (Å²) in [5.41, 5.74) is 4.07. The van der Waals surface area contributed by atoms with Crippen LogP contribution in [-0.2, 0) is 4.79 Å². The largest absolute Gasteiger partial charge is 0.481 e. The van der Waals surface area contributed by atoms with Crippen LogP contribution in [0.25, 0.3) is 0 Å². The number of nitrogens with zero attached hydrogens (tertiary/aromatic N) is 2. The molecular weight excluding hydrogens is 310 g/mol. The Hall–Kier alpha value is -3.09. The van der Waals surface area contributed by atoms with E-state index >= 15 is 0 Å². The highest BCUT2D eigenvalue weighted by molar-refractivity contribution is 5.99. The summed E-state index contributed by atoms with van der Waals surface area (Å²) in [5, 5.41) is 4.08. The van der Waals surface area contributed by atoms with E-state index in [9.17, 15) is 4.79 Å². The van der Waals surface area contributed by atoms with Crippen LogP contribution in [0.3, 0.4) is 0 Å². The summed E-state index contributed by atoms with van der Waals surface area (Å²) in [5.74, 6) is 1.45. The Balaban J connectivity index is 1.59. The average Bonchev–Trinajstić information content (AvgIpc) is 3.07. The second-order valence-corrected chi connectivity index (χ2v) is 5.18. The number of ether oxygens (including phenoxy) is 3. The van der Waals surface area contributed by atoms with E-state index in [4.69, 9.17) is 14.2 Å². The molecule has 0 saturated carbocycles. The topological polar surface area (TPSA) is 82.0 Å². The van der Waals surface area contributed by atoms with Gasteiger partial charge in [-0.25, -0.2) is 5.43 Å². The number of aromatic nitrogens is 1. The molecule has 7 nitrogen and oxygen atoms in total. The Kier molecular flexibility index (Phi) is 4.60.